The number of hydrogen-bond donors (Lipinski definition) is 1. The third-order valence-corrected chi connectivity index (χ3v) is 12.7. The van der Waals surface area contributed by atoms with Crippen LogP contribution in [-0.4, -0.2) is 6.04 Å². The van der Waals surface area contributed by atoms with Crippen molar-refractivity contribution in [1.82, 2.24) is 5.32 Å². The molecular weight excluding hydrogens is 651 g/mol. The van der Waals surface area contributed by atoms with Crippen molar-refractivity contribution in [3.63, 3.8) is 0 Å². The van der Waals surface area contributed by atoms with Crippen LogP contribution in [0.4, 0.5) is 0 Å². The van der Waals surface area contributed by atoms with Crippen LogP contribution in [0.2, 0.25) is 0 Å². The largest absolute Gasteiger partial charge is 0.377 e. The van der Waals surface area contributed by atoms with Crippen LogP contribution in [0.5, 0.6) is 0 Å². The molecule has 0 radical (unpaired) electrons. The fourth-order valence-electron chi connectivity index (χ4n) is 9.67. The monoisotopic (exact) mass is 709 g/mol. The number of fused-ring (bicyclic) bond motifs is 3. The molecule has 1 N–H and O–H groups in total. The van der Waals surface area contributed by atoms with Crippen molar-refractivity contribution in [3.8, 4) is 0 Å². The maximum atomic E-state index is 4.03. The molecule has 276 valence electrons. The molecule has 1 aromatic rings. The molecule has 0 spiro atoms. The van der Waals surface area contributed by atoms with E-state index < -0.39 is 0 Å². The zero-order chi connectivity index (χ0) is 36.7. The molecule has 1 nitrogen and oxygen atoms in total. The van der Waals surface area contributed by atoms with Gasteiger partial charge in [0.15, 0.2) is 0 Å². The summed E-state index contributed by atoms with van der Waals surface area (Å²) < 4.78 is 0. The highest BCUT2D eigenvalue weighted by atomic mass is 14.9. The van der Waals surface area contributed by atoms with Gasteiger partial charge < -0.3 is 5.32 Å². The Morgan fingerprint density at radius 2 is 1.81 bits per heavy atom. The van der Waals surface area contributed by atoms with E-state index in [-0.39, 0.29) is 6.04 Å². The summed E-state index contributed by atoms with van der Waals surface area (Å²) in [6, 6.07) is 9.13. The number of nitrogens with one attached hydrogen (secondary N) is 1. The Labute approximate surface area is 325 Å². The summed E-state index contributed by atoms with van der Waals surface area (Å²) in [5.41, 5.74) is 17.4. The average molecular weight is 710 g/mol. The Morgan fingerprint density at radius 3 is 2.72 bits per heavy atom. The molecule has 7 aliphatic rings. The fraction of sp³-hybridized carbons (Fsp3) is 0.358. The number of rotatable bonds is 13. The summed E-state index contributed by atoms with van der Waals surface area (Å²) in [4.78, 5) is 0. The van der Waals surface area contributed by atoms with Crippen molar-refractivity contribution < 1.29 is 0 Å². The minimum atomic E-state index is 0.171. The third-order valence-electron chi connectivity index (χ3n) is 12.7. The molecule has 1 heterocycles. The maximum Gasteiger partial charge on any atom is 0.0704 e. The van der Waals surface area contributed by atoms with E-state index in [1.807, 2.05) is 0 Å². The van der Waals surface area contributed by atoms with E-state index in [1.54, 1.807) is 16.7 Å². The van der Waals surface area contributed by atoms with Gasteiger partial charge in [0.05, 0.1) is 6.04 Å². The molecule has 54 heavy (non-hydrogen) atoms. The molecular formula is C53H59N. The third kappa shape index (κ3) is 8.22. The second kappa shape index (κ2) is 17.2. The predicted molar refractivity (Wildman–Crippen MR) is 232 cm³/mol. The van der Waals surface area contributed by atoms with Crippen LogP contribution in [0.1, 0.15) is 102 Å². The minimum Gasteiger partial charge on any atom is -0.377 e. The van der Waals surface area contributed by atoms with Gasteiger partial charge in [-0.05, 0) is 134 Å². The zero-order valence-electron chi connectivity index (χ0n) is 32.7. The second-order valence-corrected chi connectivity index (χ2v) is 16.4. The highest BCUT2D eigenvalue weighted by molar-refractivity contribution is 5.84. The van der Waals surface area contributed by atoms with E-state index in [2.05, 4.69) is 153 Å². The van der Waals surface area contributed by atoms with Gasteiger partial charge in [0.1, 0.15) is 0 Å². The lowest BCUT2D eigenvalue weighted by atomic mass is 9.75. The second-order valence-electron chi connectivity index (χ2n) is 16.4. The van der Waals surface area contributed by atoms with Crippen LogP contribution in [0.3, 0.4) is 0 Å². The smallest absolute Gasteiger partial charge is 0.0704 e. The highest BCUT2D eigenvalue weighted by Gasteiger charge is 2.32. The summed E-state index contributed by atoms with van der Waals surface area (Å²) in [6.07, 6.45) is 58.7. The predicted octanol–water partition coefficient (Wildman–Crippen LogP) is 13.8. The Kier molecular flexibility index (Phi) is 11.6. The topological polar surface area (TPSA) is 12.0 Å². The lowest BCUT2D eigenvalue weighted by Gasteiger charge is -2.35. The quantitative estimate of drug-likeness (QED) is 0.159. The molecule has 6 aliphatic carbocycles. The van der Waals surface area contributed by atoms with Crippen molar-refractivity contribution in [1.29, 1.82) is 0 Å². The molecule has 1 heteroatoms. The van der Waals surface area contributed by atoms with Gasteiger partial charge in [-0.1, -0.05) is 164 Å². The summed E-state index contributed by atoms with van der Waals surface area (Å²) in [5.74, 6) is 1.57. The lowest BCUT2D eigenvalue weighted by molar-refractivity contribution is 0.526. The summed E-state index contributed by atoms with van der Waals surface area (Å²) in [5, 5.41) is 4.03. The molecule has 8 rings (SSSR count). The number of dihydropyridines is 1. The van der Waals surface area contributed by atoms with Gasteiger partial charge in [0.2, 0.25) is 0 Å². The van der Waals surface area contributed by atoms with E-state index in [0.29, 0.717) is 11.8 Å². The Morgan fingerprint density at radius 1 is 0.907 bits per heavy atom. The van der Waals surface area contributed by atoms with Crippen LogP contribution in [-0.2, 0) is 6.42 Å². The normalized spacial score (nSPS) is 25.9. The van der Waals surface area contributed by atoms with Crippen LogP contribution in [0, 0.1) is 17.8 Å². The Bertz CT molecular complexity index is 2040. The molecule has 1 aromatic carbocycles. The Balaban J connectivity index is 0.990. The Hall–Kier alpha value is -4.62. The van der Waals surface area contributed by atoms with Gasteiger partial charge in [-0.2, -0.15) is 0 Å². The van der Waals surface area contributed by atoms with Gasteiger partial charge in [-0.15, -0.1) is 0 Å². The first-order chi connectivity index (χ1) is 26.6. The van der Waals surface area contributed by atoms with E-state index in [1.165, 1.54) is 108 Å². The van der Waals surface area contributed by atoms with Gasteiger partial charge >= 0.3 is 0 Å². The molecule has 0 bridgehead atoms. The molecule has 4 unspecified atom stereocenters. The summed E-state index contributed by atoms with van der Waals surface area (Å²) in [7, 11) is 0. The summed E-state index contributed by atoms with van der Waals surface area (Å²) in [6.45, 7) is 4.51. The number of allylic oxidation sites excluding steroid dienone is 24. The maximum absolute atomic E-state index is 4.03. The van der Waals surface area contributed by atoms with E-state index in [9.17, 15) is 0 Å². The summed E-state index contributed by atoms with van der Waals surface area (Å²) >= 11 is 0. The van der Waals surface area contributed by atoms with Crippen LogP contribution < -0.4 is 5.32 Å². The van der Waals surface area contributed by atoms with Crippen molar-refractivity contribution in [2.75, 3.05) is 0 Å². The first-order valence-corrected chi connectivity index (χ1v) is 21.2. The van der Waals surface area contributed by atoms with Crippen molar-refractivity contribution in [2.24, 2.45) is 17.8 Å². The molecule has 0 saturated carbocycles. The highest BCUT2D eigenvalue weighted by Crippen LogP contribution is 2.44. The van der Waals surface area contributed by atoms with Gasteiger partial charge in [-0.3, -0.25) is 0 Å². The number of benzene rings is 1. The molecule has 0 amide bonds. The van der Waals surface area contributed by atoms with E-state index in [0.717, 1.165) is 31.6 Å². The van der Waals surface area contributed by atoms with E-state index in [4.69, 9.17) is 0 Å². The first kappa shape index (κ1) is 36.4. The van der Waals surface area contributed by atoms with Gasteiger partial charge in [0, 0.05) is 17.5 Å². The fourth-order valence-corrected chi connectivity index (χ4v) is 9.67. The van der Waals surface area contributed by atoms with Gasteiger partial charge in [0.25, 0.3) is 0 Å². The van der Waals surface area contributed by atoms with Crippen molar-refractivity contribution in [2.45, 2.75) is 103 Å². The van der Waals surface area contributed by atoms with Crippen LogP contribution in [0.25, 0.3) is 5.57 Å². The zero-order valence-corrected chi connectivity index (χ0v) is 32.7. The van der Waals surface area contributed by atoms with Crippen LogP contribution in [0.15, 0.2) is 184 Å². The molecule has 0 fully saturated rings. The minimum absolute atomic E-state index is 0.171. The van der Waals surface area contributed by atoms with Crippen molar-refractivity contribution in [3.05, 3.63) is 195 Å². The standard InChI is InChI=1S/C53H59N/c1-3-4-8-18-38(2)50-37-53(44-29-31-49-45(35-44)34-42-24-13-14-26-47(42)49)54-52-32-30-43(36-51(50)52)48-28-16-15-27-46(48)41-25-17-23-40(33-41)22-10-6-5-9-19-39-20-11-7-12-21-39/h4,7-8,11-16,18,20,23-24,26,28-33,36-37,39,44,46,52,54H,3,5-6,9-10,17,19,21-22,25,27,34-35H2,1-2H3/b8-4-,38-18+. The van der Waals surface area contributed by atoms with Crippen LogP contribution >= 0.6 is 0 Å². The SMILES string of the molecule is CC/C=C\C=C(/C)C1=C2C=C(C3=CC=CCC3C3=CC(CCCCCCC4C=CC=CC4)=CCC3)C=CC2NC(C2C=CC3=C(Cc4ccccc43)C2)=C1. The lowest BCUT2D eigenvalue weighted by Crippen LogP contribution is -2.36. The molecule has 4 atom stereocenters. The molecule has 0 saturated heterocycles. The average Bonchev–Trinajstić information content (AvgIpc) is 3.60. The van der Waals surface area contributed by atoms with Crippen molar-refractivity contribution >= 4 is 5.57 Å². The number of hydrogen-bond acceptors (Lipinski definition) is 1. The molecule has 0 aromatic heterocycles. The first-order valence-electron chi connectivity index (χ1n) is 21.2. The molecule has 1 aliphatic heterocycles. The van der Waals surface area contributed by atoms with E-state index >= 15 is 0 Å². The number of unbranched alkanes of at least 4 members (excludes halogenated alkanes) is 3. The van der Waals surface area contributed by atoms with Gasteiger partial charge in [-0.25, -0.2) is 0 Å².